The zero-order valence-electron chi connectivity index (χ0n) is 6.64. The van der Waals surface area contributed by atoms with Gasteiger partial charge in [0.15, 0.2) is 5.79 Å². The number of aliphatic hydroxyl groups is 1. The molecule has 0 saturated carbocycles. The SMILES string of the molecule is CC[C@H](C)OC(C)(C)O. The molecule has 1 atom stereocenters. The van der Waals surface area contributed by atoms with Crippen molar-refractivity contribution in [2.75, 3.05) is 0 Å². The highest BCUT2D eigenvalue weighted by molar-refractivity contribution is 4.53. The summed E-state index contributed by atoms with van der Waals surface area (Å²) < 4.78 is 5.14. The van der Waals surface area contributed by atoms with Gasteiger partial charge in [-0.1, -0.05) is 6.92 Å². The molecule has 0 fully saturated rings. The van der Waals surface area contributed by atoms with Crippen LogP contribution in [-0.4, -0.2) is 17.0 Å². The molecule has 1 N–H and O–H groups in total. The van der Waals surface area contributed by atoms with Gasteiger partial charge >= 0.3 is 0 Å². The Kier molecular flexibility index (Phi) is 3.15. The number of hydrogen-bond acceptors (Lipinski definition) is 2. The van der Waals surface area contributed by atoms with Gasteiger partial charge in [-0.3, -0.25) is 0 Å². The Morgan fingerprint density at radius 3 is 2.11 bits per heavy atom. The average Bonchev–Trinajstić information content (AvgIpc) is 1.62. The van der Waals surface area contributed by atoms with Crippen molar-refractivity contribution in [2.24, 2.45) is 0 Å². The van der Waals surface area contributed by atoms with Crippen LogP contribution in [0.3, 0.4) is 0 Å². The van der Waals surface area contributed by atoms with Crippen LogP contribution in [0.5, 0.6) is 0 Å². The molecule has 0 aliphatic carbocycles. The predicted octanol–water partition coefficient (Wildman–Crippen LogP) is 1.53. The van der Waals surface area contributed by atoms with Gasteiger partial charge in [0.05, 0.1) is 6.10 Å². The first kappa shape index (κ1) is 8.92. The van der Waals surface area contributed by atoms with Crippen molar-refractivity contribution in [3.05, 3.63) is 0 Å². The number of ether oxygens (including phenoxy) is 1. The van der Waals surface area contributed by atoms with E-state index >= 15 is 0 Å². The van der Waals surface area contributed by atoms with Gasteiger partial charge in [-0.25, -0.2) is 0 Å². The molecule has 0 spiro atoms. The van der Waals surface area contributed by atoms with E-state index in [1.807, 2.05) is 13.8 Å². The minimum absolute atomic E-state index is 0.144. The Hall–Kier alpha value is -0.0800. The maximum absolute atomic E-state index is 9.10. The van der Waals surface area contributed by atoms with Crippen molar-refractivity contribution in [2.45, 2.75) is 46.0 Å². The average molecular weight is 132 g/mol. The molecular formula is C7H16O2. The van der Waals surface area contributed by atoms with Gasteiger partial charge < -0.3 is 9.84 Å². The molecule has 2 nitrogen and oxygen atoms in total. The third-order valence-electron chi connectivity index (χ3n) is 1.06. The van der Waals surface area contributed by atoms with Crippen LogP contribution in [0, 0.1) is 0 Å². The third kappa shape index (κ3) is 5.80. The molecule has 2 heteroatoms. The van der Waals surface area contributed by atoms with E-state index in [9.17, 15) is 0 Å². The summed E-state index contributed by atoms with van der Waals surface area (Å²) in [5.74, 6) is -0.977. The summed E-state index contributed by atoms with van der Waals surface area (Å²) in [7, 11) is 0. The van der Waals surface area contributed by atoms with Gasteiger partial charge in [-0.05, 0) is 27.2 Å². The molecule has 0 rings (SSSR count). The lowest BCUT2D eigenvalue weighted by atomic mass is 10.3. The number of hydrogen-bond donors (Lipinski definition) is 1. The van der Waals surface area contributed by atoms with Crippen LogP contribution in [-0.2, 0) is 4.74 Å². The first-order valence-corrected chi connectivity index (χ1v) is 3.36. The highest BCUT2D eigenvalue weighted by Gasteiger charge is 2.15. The largest absolute Gasteiger partial charge is 0.366 e. The molecule has 0 saturated heterocycles. The Morgan fingerprint density at radius 2 is 2.00 bits per heavy atom. The third-order valence-corrected chi connectivity index (χ3v) is 1.06. The monoisotopic (exact) mass is 132 g/mol. The molecule has 0 bridgehead atoms. The van der Waals surface area contributed by atoms with E-state index in [-0.39, 0.29) is 6.10 Å². The highest BCUT2D eigenvalue weighted by Crippen LogP contribution is 2.08. The number of rotatable bonds is 3. The molecule has 0 amide bonds. The molecule has 0 aliphatic rings. The minimum Gasteiger partial charge on any atom is -0.366 e. The Labute approximate surface area is 56.8 Å². The van der Waals surface area contributed by atoms with E-state index in [1.165, 1.54) is 0 Å². The van der Waals surface area contributed by atoms with E-state index in [4.69, 9.17) is 9.84 Å². The molecule has 0 aromatic carbocycles. The topological polar surface area (TPSA) is 29.5 Å². The summed E-state index contributed by atoms with van der Waals surface area (Å²) in [6, 6.07) is 0. The van der Waals surface area contributed by atoms with Crippen LogP contribution in [0.1, 0.15) is 34.1 Å². The van der Waals surface area contributed by atoms with Crippen molar-refractivity contribution >= 4 is 0 Å². The van der Waals surface area contributed by atoms with Gasteiger partial charge in [0.25, 0.3) is 0 Å². The van der Waals surface area contributed by atoms with E-state index < -0.39 is 5.79 Å². The van der Waals surface area contributed by atoms with Crippen molar-refractivity contribution in [3.63, 3.8) is 0 Å². The van der Waals surface area contributed by atoms with Crippen LogP contribution in [0.25, 0.3) is 0 Å². The fourth-order valence-electron chi connectivity index (χ4n) is 0.576. The summed E-state index contributed by atoms with van der Waals surface area (Å²) in [6.45, 7) is 7.24. The lowest BCUT2D eigenvalue weighted by molar-refractivity contribution is -0.201. The molecule has 9 heavy (non-hydrogen) atoms. The van der Waals surface area contributed by atoms with E-state index in [1.54, 1.807) is 13.8 Å². The molecule has 0 unspecified atom stereocenters. The predicted molar refractivity (Wildman–Crippen MR) is 37.1 cm³/mol. The van der Waals surface area contributed by atoms with Crippen LogP contribution >= 0.6 is 0 Å². The van der Waals surface area contributed by atoms with Gasteiger partial charge in [0.2, 0.25) is 0 Å². The van der Waals surface area contributed by atoms with Crippen molar-refractivity contribution in [1.82, 2.24) is 0 Å². The quantitative estimate of drug-likeness (QED) is 0.590. The maximum Gasteiger partial charge on any atom is 0.160 e. The minimum atomic E-state index is -0.977. The zero-order chi connectivity index (χ0) is 7.49. The van der Waals surface area contributed by atoms with E-state index in [0.717, 1.165) is 6.42 Å². The second-order valence-corrected chi connectivity index (χ2v) is 2.78. The fraction of sp³-hybridized carbons (Fsp3) is 1.00. The summed E-state index contributed by atoms with van der Waals surface area (Å²) in [5.41, 5.74) is 0. The molecule has 56 valence electrons. The van der Waals surface area contributed by atoms with Gasteiger partial charge in [0.1, 0.15) is 0 Å². The van der Waals surface area contributed by atoms with Gasteiger partial charge in [-0.2, -0.15) is 0 Å². The zero-order valence-corrected chi connectivity index (χ0v) is 6.64. The van der Waals surface area contributed by atoms with E-state index in [2.05, 4.69) is 0 Å². The van der Waals surface area contributed by atoms with Crippen LogP contribution in [0.2, 0.25) is 0 Å². The van der Waals surface area contributed by atoms with Crippen molar-refractivity contribution < 1.29 is 9.84 Å². The summed E-state index contributed by atoms with van der Waals surface area (Å²) in [4.78, 5) is 0. The van der Waals surface area contributed by atoms with Gasteiger partial charge in [0, 0.05) is 0 Å². The Morgan fingerprint density at radius 1 is 1.56 bits per heavy atom. The van der Waals surface area contributed by atoms with Crippen LogP contribution < -0.4 is 0 Å². The molecule has 0 radical (unpaired) electrons. The highest BCUT2D eigenvalue weighted by atomic mass is 16.6. The Bertz CT molecular complexity index is 73.5. The summed E-state index contributed by atoms with van der Waals surface area (Å²) in [6.07, 6.45) is 1.08. The standard InChI is InChI=1S/C7H16O2/c1-5-6(2)9-7(3,4)8/h6,8H,5H2,1-4H3/t6-/m0/s1. The van der Waals surface area contributed by atoms with E-state index in [0.29, 0.717) is 0 Å². The molecule has 0 aromatic heterocycles. The second kappa shape index (κ2) is 3.18. The molecular weight excluding hydrogens is 116 g/mol. The molecule has 0 aliphatic heterocycles. The summed E-state index contributed by atoms with van der Waals surface area (Å²) >= 11 is 0. The van der Waals surface area contributed by atoms with Crippen LogP contribution in [0.15, 0.2) is 0 Å². The van der Waals surface area contributed by atoms with Crippen molar-refractivity contribution in [1.29, 1.82) is 0 Å². The summed E-state index contributed by atoms with van der Waals surface area (Å²) in [5, 5.41) is 9.10. The molecule has 0 heterocycles. The molecule has 0 aromatic rings. The Balaban J connectivity index is 3.47. The second-order valence-electron chi connectivity index (χ2n) is 2.78. The van der Waals surface area contributed by atoms with Crippen molar-refractivity contribution in [3.8, 4) is 0 Å². The lowest BCUT2D eigenvalue weighted by Gasteiger charge is -2.22. The van der Waals surface area contributed by atoms with Gasteiger partial charge in [-0.15, -0.1) is 0 Å². The fourth-order valence-corrected chi connectivity index (χ4v) is 0.576. The normalized spacial score (nSPS) is 15.7. The van der Waals surface area contributed by atoms with Crippen LogP contribution in [0.4, 0.5) is 0 Å². The lowest BCUT2D eigenvalue weighted by Crippen LogP contribution is -2.28. The first-order chi connectivity index (χ1) is 3.95. The smallest absolute Gasteiger partial charge is 0.160 e. The maximum atomic E-state index is 9.10. The first-order valence-electron chi connectivity index (χ1n) is 3.36.